The second-order valence-corrected chi connectivity index (χ2v) is 3.77. The third kappa shape index (κ3) is 2.23. The molecule has 0 amide bonds. The maximum Gasteiger partial charge on any atom is -0.0225 e. The van der Waals surface area contributed by atoms with Gasteiger partial charge in [-0.2, -0.15) is 0 Å². The summed E-state index contributed by atoms with van der Waals surface area (Å²) >= 11 is 0. The van der Waals surface area contributed by atoms with E-state index in [0.717, 1.165) is 5.92 Å². The van der Waals surface area contributed by atoms with E-state index in [-0.39, 0.29) is 0 Å². The number of hydrogen-bond acceptors (Lipinski definition) is 0. The van der Waals surface area contributed by atoms with E-state index in [1.54, 1.807) is 5.57 Å². The molecule has 0 aliphatic heterocycles. The van der Waals surface area contributed by atoms with Crippen LogP contribution in [0.5, 0.6) is 0 Å². The monoisotopic (exact) mass is 164 g/mol. The summed E-state index contributed by atoms with van der Waals surface area (Å²) in [6.07, 6.45) is 9.90. The van der Waals surface area contributed by atoms with E-state index < -0.39 is 0 Å². The minimum absolute atomic E-state index is 0.858. The lowest BCUT2D eigenvalue weighted by molar-refractivity contribution is 0.482. The Labute approximate surface area is 76.4 Å². The topological polar surface area (TPSA) is 0 Å². The van der Waals surface area contributed by atoms with Gasteiger partial charge >= 0.3 is 0 Å². The van der Waals surface area contributed by atoms with Crippen molar-refractivity contribution in [3.63, 3.8) is 0 Å². The molecule has 0 N–H and O–H groups in total. The van der Waals surface area contributed by atoms with Crippen molar-refractivity contribution in [1.29, 1.82) is 0 Å². The fourth-order valence-electron chi connectivity index (χ4n) is 1.64. The van der Waals surface area contributed by atoms with Crippen LogP contribution >= 0.6 is 0 Å². The third-order valence-electron chi connectivity index (χ3n) is 2.78. The fourth-order valence-corrected chi connectivity index (χ4v) is 1.64. The maximum atomic E-state index is 2.41. The molecule has 68 valence electrons. The normalized spacial score (nSPS) is 27.4. The molecule has 0 radical (unpaired) electrons. The van der Waals surface area contributed by atoms with Crippen LogP contribution in [0.4, 0.5) is 0 Å². The standard InChI is InChI=1S/C12H20/c1-4-6-11(5-2)9-12-8-7-10(12)3/h5,9-10H,4,6-8H2,1-3H3/b11-5-,12-9-. The summed E-state index contributed by atoms with van der Waals surface area (Å²) in [5, 5.41) is 0. The highest BCUT2D eigenvalue weighted by molar-refractivity contribution is 5.27. The molecule has 1 atom stereocenters. The second-order valence-electron chi connectivity index (χ2n) is 3.77. The number of allylic oxidation sites excluding steroid dienone is 4. The van der Waals surface area contributed by atoms with Crippen LogP contribution in [0.25, 0.3) is 0 Å². The molecule has 1 aliphatic rings. The van der Waals surface area contributed by atoms with Crippen LogP contribution in [-0.4, -0.2) is 0 Å². The lowest BCUT2D eigenvalue weighted by atomic mass is 9.79. The van der Waals surface area contributed by atoms with Gasteiger partial charge in [0.1, 0.15) is 0 Å². The summed E-state index contributed by atoms with van der Waals surface area (Å²) in [6.45, 7) is 6.71. The van der Waals surface area contributed by atoms with Gasteiger partial charge in [0.05, 0.1) is 0 Å². The highest BCUT2D eigenvalue weighted by atomic mass is 14.2. The molecule has 0 aromatic rings. The Morgan fingerprint density at radius 2 is 2.33 bits per heavy atom. The van der Waals surface area contributed by atoms with Crippen molar-refractivity contribution in [2.24, 2.45) is 5.92 Å². The van der Waals surface area contributed by atoms with Crippen molar-refractivity contribution in [2.75, 3.05) is 0 Å². The van der Waals surface area contributed by atoms with Crippen molar-refractivity contribution in [2.45, 2.75) is 46.5 Å². The van der Waals surface area contributed by atoms with E-state index in [0.29, 0.717) is 0 Å². The van der Waals surface area contributed by atoms with Crippen molar-refractivity contribution in [3.05, 3.63) is 23.3 Å². The first-order chi connectivity index (χ1) is 5.77. The zero-order valence-electron chi connectivity index (χ0n) is 8.56. The Balaban J connectivity index is 2.51. The van der Waals surface area contributed by atoms with Crippen molar-refractivity contribution in [3.8, 4) is 0 Å². The number of rotatable bonds is 3. The Hall–Kier alpha value is -0.520. The Bertz CT molecular complexity index is 196. The van der Waals surface area contributed by atoms with E-state index in [4.69, 9.17) is 0 Å². The first kappa shape index (κ1) is 9.57. The van der Waals surface area contributed by atoms with Crippen LogP contribution in [0.2, 0.25) is 0 Å². The minimum Gasteiger partial charge on any atom is -0.0844 e. The molecular formula is C12H20. The molecular weight excluding hydrogens is 144 g/mol. The van der Waals surface area contributed by atoms with E-state index in [2.05, 4.69) is 32.9 Å². The van der Waals surface area contributed by atoms with Gasteiger partial charge in [0.15, 0.2) is 0 Å². The molecule has 0 aromatic carbocycles. The molecule has 0 saturated heterocycles. The van der Waals surface area contributed by atoms with Crippen LogP contribution in [0.1, 0.15) is 46.5 Å². The predicted octanol–water partition coefficient (Wildman–Crippen LogP) is 4.09. The zero-order chi connectivity index (χ0) is 8.97. The maximum absolute atomic E-state index is 2.41. The highest BCUT2D eigenvalue weighted by Crippen LogP contribution is 2.34. The Morgan fingerprint density at radius 3 is 2.67 bits per heavy atom. The van der Waals surface area contributed by atoms with Crippen LogP contribution in [0, 0.1) is 5.92 Å². The summed E-state index contributed by atoms with van der Waals surface area (Å²) in [6, 6.07) is 0. The second kappa shape index (κ2) is 4.49. The molecule has 0 heteroatoms. The molecule has 1 unspecified atom stereocenters. The summed E-state index contributed by atoms with van der Waals surface area (Å²) in [4.78, 5) is 0. The highest BCUT2D eigenvalue weighted by Gasteiger charge is 2.18. The van der Waals surface area contributed by atoms with Gasteiger partial charge < -0.3 is 0 Å². The molecule has 0 heterocycles. The molecule has 0 aromatic heterocycles. The predicted molar refractivity (Wildman–Crippen MR) is 55.1 cm³/mol. The van der Waals surface area contributed by atoms with E-state index in [9.17, 15) is 0 Å². The quantitative estimate of drug-likeness (QED) is 0.589. The van der Waals surface area contributed by atoms with Gasteiger partial charge in [0, 0.05) is 0 Å². The van der Waals surface area contributed by atoms with E-state index >= 15 is 0 Å². The van der Waals surface area contributed by atoms with Gasteiger partial charge in [-0.3, -0.25) is 0 Å². The third-order valence-corrected chi connectivity index (χ3v) is 2.78. The number of hydrogen-bond donors (Lipinski definition) is 0. The average Bonchev–Trinajstić information content (AvgIpc) is 2.09. The van der Waals surface area contributed by atoms with Gasteiger partial charge in [0.2, 0.25) is 0 Å². The van der Waals surface area contributed by atoms with Crippen molar-refractivity contribution < 1.29 is 0 Å². The molecule has 1 fully saturated rings. The smallest absolute Gasteiger partial charge is 0.0225 e. The first-order valence-electron chi connectivity index (χ1n) is 5.13. The van der Waals surface area contributed by atoms with E-state index in [1.807, 2.05) is 0 Å². The van der Waals surface area contributed by atoms with Gasteiger partial charge in [-0.15, -0.1) is 0 Å². The lowest BCUT2D eigenvalue weighted by Crippen LogP contribution is -2.11. The molecule has 1 saturated carbocycles. The molecule has 0 nitrogen and oxygen atoms in total. The molecule has 1 rings (SSSR count). The summed E-state index contributed by atoms with van der Waals surface area (Å²) in [5.74, 6) is 0.858. The van der Waals surface area contributed by atoms with Crippen LogP contribution in [0.15, 0.2) is 23.3 Å². The largest absolute Gasteiger partial charge is 0.0844 e. The van der Waals surface area contributed by atoms with Crippen LogP contribution in [0.3, 0.4) is 0 Å². The molecule has 12 heavy (non-hydrogen) atoms. The van der Waals surface area contributed by atoms with Crippen LogP contribution in [-0.2, 0) is 0 Å². The molecule has 0 spiro atoms. The fraction of sp³-hybridized carbons (Fsp3) is 0.667. The minimum atomic E-state index is 0.858. The summed E-state index contributed by atoms with van der Waals surface area (Å²) in [5.41, 5.74) is 3.19. The molecule has 1 aliphatic carbocycles. The van der Waals surface area contributed by atoms with Gasteiger partial charge in [-0.25, -0.2) is 0 Å². The van der Waals surface area contributed by atoms with Gasteiger partial charge in [-0.1, -0.05) is 43.6 Å². The van der Waals surface area contributed by atoms with Crippen molar-refractivity contribution in [1.82, 2.24) is 0 Å². The van der Waals surface area contributed by atoms with Gasteiger partial charge in [0.25, 0.3) is 0 Å². The van der Waals surface area contributed by atoms with Crippen molar-refractivity contribution >= 4 is 0 Å². The SMILES string of the molecule is C/C=C(\C=C1\CCC1C)CCC. The Morgan fingerprint density at radius 1 is 1.58 bits per heavy atom. The average molecular weight is 164 g/mol. The lowest BCUT2D eigenvalue weighted by Gasteiger charge is -2.26. The zero-order valence-corrected chi connectivity index (χ0v) is 8.56. The van der Waals surface area contributed by atoms with E-state index in [1.165, 1.54) is 31.3 Å². The Kier molecular flexibility index (Phi) is 3.58. The summed E-state index contributed by atoms with van der Waals surface area (Å²) in [7, 11) is 0. The summed E-state index contributed by atoms with van der Waals surface area (Å²) < 4.78 is 0. The molecule has 0 bridgehead atoms. The van der Waals surface area contributed by atoms with Gasteiger partial charge in [-0.05, 0) is 32.1 Å². The van der Waals surface area contributed by atoms with Crippen LogP contribution < -0.4 is 0 Å². The first-order valence-corrected chi connectivity index (χ1v) is 5.13.